The lowest BCUT2D eigenvalue weighted by atomic mass is 9.70. The smallest absolute Gasteiger partial charge is 0.0619 e. The van der Waals surface area contributed by atoms with E-state index >= 15 is 0 Å². The Morgan fingerprint density at radius 3 is 1.96 bits per heavy atom. The van der Waals surface area contributed by atoms with Crippen molar-refractivity contribution in [2.45, 2.75) is 19.3 Å². The van der Waals surface area contributed by atoms with Gasteiger partial charge in [0, 0.05) is 0 Å². The van der Waals surface area contributed by atoms with Crippen molar-refractivity contribution >= 4 is 0 Å². The second-order valence-electron chi connectivity index (χ2n) is 7.89. The van der Waals surface area contributed by atoms with E-state index in [1.807, 2.05) is 0 Å². The van der Waals surface area contributed by atoms with Crippen molar-refractivity contribution in [3.8, 4) is 22.3 Å². The lowest BCUT2D eigenvalue weighted by Crippen LogP contribution is -2.25. The molecule has 4 aromatic rings. The summed E-state index contributed by atoms with van der Waals surface area (Å²) in [4.78, 5) is 0. The normalized spacial score (nSPS) is 18.1. The van der Waals surface area contributed by atoms with Gasteiger partial charge in [0.05, 0.1) is 5.41 Å². The summed E-state index contributed by atoms with van der Waals surface area (Å²) in [5.41, 5.74) is 13.7. The van der Waals surface area contributed by atoms with Gasteiger partial charge in [-0.05, 0) is 63.9 Å². The summed E-state index contributed by atoms with van der Waals surface area (Å²) in [5.74, 6) is 0. The van der Waals surface area contributed by atoms with Gasteiger partial charge in [0.2, 0.25) is 0 Å². The van der Waals surface area contributed by atoms with E-state index in [0.717, 1.165) is 0 Å². The SMILES string of the molecule is Cc1ccc2c(c1)-c1ccccc1C21c2ccccc2-c2c(C)cccc21. The maximum atomic E-state index is 2.36. The fourth-order valence-corrected chi connectivity index (χ4v) is 5.49. The molecule has 0 fully saturated rings. The van der Waals surface area contributed by atoms with Crippen LogP contribution in [0.5, 0.6) is 0 Å². The van der Waals surface area contributed by atoms with Crippen molar-refractivity contribution in [2.24, 2.45) is 0 Å². The predicted octanol–water partition coefficient (Wildman–Crippen LogP) is 6.65. The number of aryl methyl sites for hydroxylation is 2. The summed E-state index contributed by atoms with van der Waals surface area (Å²) >= 11 is 0. The summed E-state index contributed by atoms with van der Waals surface area (Å²) < 4.78 is 0. The van der Waals surface area contributed by atoms with Gasteiger partial charge in [0.25, 0.3) is 0 Å². The summed E-state index contributed by atoms with van der Waals surface area (Å²) in [6, 6.07) is 31.8. The summed E-state index contributed by atoms with van der Waals surface area (Å²) in [7, 11) is 0. The molecule has 2 aliphatic carbocycles. The van der Waals surface area contributed by atoms with Crippen LogP contribution in [0.25, 0.3) is 22.3 Å². The van der Waals surface area contributed by atoms with Gasteiger partial charge < -0.3 is 0 Å². The molecule has 1 atom stereocenters. The fourth-order valence-electron chi connectivity index (χ4n) is 5.49. The Bertz CT molecular complexity index is 1240. The fraction of sp³-hybridized carbons (Fsp3) is 0.111. The lowest BCUT2D eigenvalue weighted by molar-refractivity contribution is 0.793. The third-order valence-electron chi connectivity index (χ3n) is 6.48. The van der Waals surface area contributed by atoms with Gasteiger partial charge in [0.15, 0.2) is 0 Å². The molecule has 0 N–H and O–H groups in total. The molecule has 4 aromatic carbocycles. The maximum Gasteiger partial charge on any atom is 0.0725 e. The van der Waals surface area contributed by atoms with Crippen LogP contribution in [0.4, 0.5) is 0 Å². The Balaban J connectivity index is 1.88. The minimum absolute atomic E-state index is 0.197. The Morgan fingerprint density at radius 1 is 0.519 bits per heavy atom. The van der Waals surface area contributed by atoms with E-state index in [9.17, 15) is 0 Å². The molecule has 0 nitrogen and oxygen atoms in total. The average Bonchev–Trinajstić information content (AvgIpc) is 3.16. The molecule has 0 aromatic heterocycles. The van der Waals surface area contributed by atoms with Gasteiger partial charge in [-0.25, -0.2) is 0 Å². The largest absolute Gasteiger partial charge is 0.0725 e. The van der Waals surface area contributed by atoms with Gasteiger partial charge in [-0.1, -0.05) is 90.5 Å². The second-order valence-corrected chi connectivity index (χ2v) is 7.89. The van der Waals surface area contributed by atoms with Gasteiger partial charge >= 0.3 is 0 Å². The molecule has 0 saturated heterocycles. The Hall–Kier alpha value is -3.12. The Morgan fingerprint density at radius 2 is 1.15 bits per heavy atom. The molecule has 0 amide bonds. The van der Waals surface area contributed by atoms with Gasteiger partial charge in [-0.3, -0.25) is 0 Å². The highest BCUT2D eigenvalue weighted by molar-refractivity contribution is 5.95. The minimum atomic E-state index is -0.197. The summed E-state index contributed by atoms with van der Waals surface area (Å²) in [6.45, 7) is 4.43. The zero-order valence-electron chi connectivity index (χ0n) is 15.6. The van der Waals surface area contributed by atoms with Crippen LogP contribution >= 0.6 is 0 Å². The lowest BCUT2D eigenvalue weighted by Gasteiger charge is -2.30. The van der Waals surface area contributed by atoms with E-state index in [4.69, 9.17) is 0 Å². The molecule has 0 heterocycles. The maximum absolute atomic E-state index is 2.36. The van der Waals surface area contributed by atoms with Crippen LogP contribution in [-0.4, -0.2) is 0 Å². The third-order valence-corrected chi connectivity index (χ3v) is 6.48. The van der Waals surface area contributed by atoms with Crippen molar-refractivity contribution in [3.63, 3.8) is 0 Å². The van der Waals surface area contributed by atoms with E-state index in [1.54, 1.807) is 0 Å². The number of rotatable bonds is 0. The van der Waals surface area contributed by atoms with Crippen LogP contribution in [0.15, 0.2) is 84.9 Å². The van der Waals surface area contributed by atoms with Gasteiger partial charge in [0.1, 0.15) is 0 Å². The topological polar surface area (TPSA) is 0 Å². The first-order chi connectivity index (χ1) is 13.2. The number of fused-ring (bicyclic) bond motifs is 10. The van der Waals surface area contributed by atoms with Crippen molar-refractivity contribution in [3.05, 3.63) is 118 Å². The van der Waals surface area contributed by atoms with Crippen LogP contribution in [0, 0.1) is 13.8 Å². The average molecular weight is 344 g/mol. The third kappa shape index (κ3) is 1.64. The van der Waals surface area contributed by atoms with E-state index in [-0.39, 0.29) is 5.41 Å². The molecular formula is C27H20. The molecule has 128 valence electrons. The van der Waals surface area contributed by atoms with Crippen LogP contribution in [0.1, 0.15) is 33.4 Å². The van der Waals surface area contributed by atoms with Crippen LogP contribution in [0.2, 0.25) is 0 Å². The van der Waals surface area contributed by atoms with Crippen molar-refractivity contribution in [1.29, 1.82) is 0 Å². The molecule has 0 bridgehead atoms. The van der Waals surface area contributed by atoms with E-state index in [1.165, 1.54) is 55.6 Å². The molecule has 6 rings (SSSR count). The van der Waals surface area contributed by atoms with Crippen molar-refractivity contribution < 1.29 is 0 Å². The monoisotopic (exact) mass is 344 g/mol. The van der Waals surface area contributed by atoms with E-state index in [0.29, 0.717) is 0 Å². The predicted molar refractivity (Wildman–Crippen MR) is 112 cm³/mol. The highest BCUT2D eigenvalue weighted by atomic mass is 14.5. The van der Waals surface area contributed by atoms with Crippen molar-refractivity contribution in [1.82, 2.24) is 0 Å². The highest BCUT2D eigenvalue weighted by Gasteiger charge is 2.51. The first-order valence-corrected chi connectivity index (χ1v) is 9.64. The van der Waals surface area contributed by atoms with Gasteiger partial charge in [-0.15, -0.1) is 0 Å². The van der Waals surface area contributed by atoms with Crippen LogP contribution < -0.4 is 0 Å². The first kappa shape index (κ1) is 15.0. The highest BCUT2D eigenvalue weighted by Crippen LogP contribution is 2.63. The minimum Gasteiger partial charge on any atom is -0.0619 e. The number of hydrogen-bond donors (Lipinski definition) is 0. The summed E-state index contributed by atoms with van der Waals surface area (Å²) in [5, 5.41) is 0. The number of benzene rings is 4. The molecule has 0 aliphatic heterocycles. The Kier molecular flexibility index (Phi) is 2.77. The quantitative estimate of drug-likeness (QED) is 0.289. The zero-order chi connectivity index (χ0) is 18.2. The molecule has 0 heteroatoms. The molecule has 0 radical (unpaired) electrons. The molecule has 27 heavy (non-hydrogen) atoms. The second kappa shape index (κ2) is 4.98. The number of hydrogen-bond acceptors (Lipinski definition) is 0. The van der Waals surface area contributed by atoms with Crippen LogP contribution in [-0.2, 0) is 5.41 Å². The standard InChI is InChI=1S/C27H20/c1-17-14-15-24-21(16-17)19-9-3-5-11-22(19)27(24)23-12-6-4-10-20(23)26-18(2)8-7-13-25(26)27/h3-16H,1-2H3. The van der Waals surface area contributed by atoms with E-state index in [2.05, 4.69) is 98.8 Å². The first-order valence-electron chi connectivity index (χ1n) is 9.64. The molecule has 2 aliphatic rings. The molecule has 1 unspecified atom stereocenters. The summed E-state index contributed by atoms with van der Waals surface area (Å²) in [6.07, 6.45) is 0. The van der Waals surface area contributed by atoms with Crippen molar-refractivity contribution in [2.75, 3.05) is 0 Å². The molecule has 0 saturated carbocycles. The zero-order valence-corrected chi connectivity index (χ0v) is 15.6. The Labute approximate surface area is 160 Å². The molecule has 1 spiro atoms. The van der Waals surface area contributed by atoms with Gasteiger partial charge in [-0.2, -0.15) is 0 Å². The molecular weight excluding hydrogens is 324 g/mol. The van der Waals surface area contributed by atoms with E-state index < -0.39 is 0 Å². The van der Waals surface area contributed by atoms with Crippen LogP contribution in [0.3, 0.4) is 0 Å².